The second-order valence-corrected chi connectivity index (χ2v) is 5.00. The predicted octanol–water partition coefficient (Wildman–Crippen LogP) is 2.55. The monoisotopic (exact) mass is 313 g/mol. The van der Waals surface area contributed by atoms with Gasteiger partial charge in [-0.25, -0.2) is 4.79 Å². The van der Waals surface area contributed by atoms with Gasteiger partial charge in [-0.1, -0.05) is 29.3 Å². The summed E-state index contributed by atoms with van der Waals surface area (Å²) in [7, 11) is 0. The number of carbonyl (C=O) groups excluding carboxylic acids is 2. The summed E-state index contributed by atoms with van der Waals surface area (Å²) >= 11 is 11.9. The molecule has 7 heteroatoms. The molecular weight excluding hydrogens is 305 g/mol. The molecule has 1 aliphatic rings. The highest BCUT2D eigenvalue weighted by molar-refractivity contribution is 6.57. The lowest BCUT2D eigenvalue weighted by Crippen LogP contribution is -2.30. The molecule has 0 unspecified atom stereocenters. The number of rotatable bonds is 3. The van der Waals surface area contributed by atoms with Gasteiger partial charge in [-0.15, -0.1) is 0 Å². The number of aliphatic carboxylic acids is 1. The molecule has 104 valence electrons. The van der Waals surface area contributed by atoms with E-state index in [1.165, 1.54) is 25.1 Å². The molecule has 1 aromatic carbocycles. The van der Waals surface area contributed by atoms with Gasteiger partial charge >= 0.3 is 5.97 Å². The molecule has 0 bridgehead atoms. The molecule has 1 amide bonds. The SMILES string of the molecule is C/C(=C/CN1C(=O)C(=O)c2c(Cl)ccc(Cl)c21)C(=O)O. The number of ketones is 1. The first-order valence-corrected chi connectivity index (χ1v) is 6.34. The van der Waals surface area contributed by atoms with Crippen molar-refractivity contribution in [3.63, 3.8) is 0 Å². The fourth-order valence-electron chi connectivity index (χ4n) is 1.84. The molecule has 1 aliphatic heterocycles. The molecule has 0 atom stereocenters. The Morgan fingerprint density at radius 2 is 1.90 bits per heavy atom. The first kappa shape index (κ1) is 14.6. The lowest BCUT2D eigenvalue weighted by Gasteiger charge is -2.15. The van der Waals surface area contributed by atoms with Crippen LogP contribution in [0.2, 0.25) is 10.0 Å². The maximum atomic E-state index is 11.9. The van der Waals surface area contributed by atoms with Crippen LogP contribution in [0.25, 0.3) is 0 Å². The number of amides is 1. The van der Waals surface area contributed by atoms with Gasteiger partial charge in [0.15, 0.2) is 0 Å². The molecule has 0 fully saturated rings. The van der Waals surface area contributed by atoms with Crippen LogP contribution in [0, 0.1) is 0 Å². The summed E-state index contributed by atoms with van der Waals surface area (Å²) in [6.45, 7) is 1.33. The maximum absolute atomic E-state index is 11.9. The Hall–Kier alpha value is -1.85. The van der Waals surface area contributed by atoms with Crippen LogP contribution < -0.4 is 4.90 Å². The zero-order chi connectivity index (χ0) is 15.0. The molecule has 2 rings (SSSR count). The second kappa shape index (κ2) is 5.26. The van der Waals surface area contributed by atoms with Crippen molar-refractivity contribution in [2.45, 2.75) is 6.92 Å². The third kappa shape index (κ3) is 2.30. The molecular formula is C13H9Cl2NO4. The zero-order valence-corrected chi connectivity index (χ0v) is 11.8. The first-order chi connectivity index (χ1) is 9.34. The van der Waals surface area contributed by atoms with E-state index in [-0.39, 0.29) is 33.4 Å². The van der Waals surface area contributed by atoms with Crippen LogP contribution in [0.4, 0.5) is 5.69 Å². The van der Waals surface area contributed by atoms with Crippen molar-refractivity contribution in [2.75, 3.05) is 11.4 Å². The number of hydrogen-bond donors (Lipinski definition) is 1. The van der Waals surface area contributed by atoms with Gasteiger partial charge in [-0.2, -0.15) is 0 Å². The molecule has 0 spiro atoms. The van der Waals surface area contributed by atoms with E-state index in [0.29, 0.717) is 0 Å². The standard InChI is InChI=1S/C13H9Cl2NO4/c1-6(13(19)20)4-5-16-10-8(15)3-2-7(14)9(10)11(17)12(16)18/h2-4H,5H2,1H3,(H,19,20)/b6-4-. The number of benzene rings is 1. The van der Waals surface area contributed by atoms with E-state index in [9.17, 15) is 14.4 Å². The average molecular weight is 314 g/mol. The molecule has 0 aromatic heterocycles. The van der Waals surface area contributed by atoms with Gasteiger partial charge in [-0.05, 0) is 19.1 Å². The number of Topliss-reactive ketones (excluding diaryl/α,β-unsaturated/α-hetero) is 1. The maximum Gasteiger partial charge on any atom is 0.331 e. The van der Waals surface area contributed by atoms with Crippen molar-refractivity contribution in [1.82, 2.24) is 0 Å². The molecule has 1 heterocycles. The number of anilines is 1. The van der Waals surface area contributed by atoms with Crippen molar-refractivity contribution in [2.24, 2.45) is 0 Å². The summed E-state index contributed by atoms with van der Waals surface area (Å²) < 4.78 is 0. The Labute approximate surface area is 124 Å². The molecule has 1 aromatic rings. The highest BCUT2D eigenvalue weighted by Crippen LogP contribution is 2.39. The Morgan fingerprint density at radius 3 is 2.50 bits per heavy atom. The summed E-state index contributed by atoms with van der Waals surface area (Å²) in [5, 5.41) is 9.14. The Morgan fingerprint density at radius 1 is 1.30 bits per heavy atom. The third-order valence-electron chi connectivity index (χ3n) is 2.93. The van der Waals surface area contributed by atoms with E-state index in [0.717, 1.165) is 4.90 Å². The van der Waals surface area contributed by atoms with E-state index in [1.807, 2.05) is 0 Å². The van der Waals surface area contributed by atoms with Gasteiger partial charge in [0, 0.05) is 12.1 Å². The molecule has 0 aliphatic carbocycles. The van der Waals surface area contributed by atoms with Crippen LogP contribution >= 0.6 is 23.2 Å². The van der Waals surface area contributed by atoms with Gasteiger partial charge in [0.2, 0.25) is 0 Å². The van der Waals surface area contributed by atoms with E-state index in [1.54, 1.807) is 0 Å². The van der Waals surface area contributed by atoms with Gasteiger partial charge < -0.3 is 5.11 Å². The number of carboxylic acid groups (broad SMARTS) is 1. The van der Waals surface area contributed by atoms with Crippen LogP contribution in [-0.2, 0) is 9.59 Å². The lowest BCUT2D eigenvalue weighted by atomic mass is 10.1. The highest BCUT2D eigenvalue weighted by atomic mass is 35.5. The number of carbonyl (C=O) groups is 3. The molecule has 1 N–H and O–H groups in total. The first-order valence-electron chi connectivity index (χ1n) is 5.58. The van der Waals surface area contributed by atoms with Crippen LogP contribution in [0.5, 0.6) is 0 Å². The van der Waals surface area contributed by atoms with Crippen molar-refractivity contribution < 1.29 is 19.5 Å². The lowest BCUT2D eigenvalue weighted by molar-refractivity contribution is -0.132. The molecule has 0 radical (unpaired) electrons. The van der Waals surface area contributed by atoms with Crippen molar-refractivity contribution in [1.29, 1.82) is 0 Å². The summed E-state index contributed by atoms with van der Waals surface area (Å²) in [5.74, 6) is -2.61. The van der Waals surface area contributed by atoms with Gasteiger partial charge in [0.25, 0.3) is 11.7 Å². The van der Waals surface area contributed by atoms with E-state index >= 15 is 0 Å². The quantitative estimate of drug-likeness (QED) is 0.687. The number of halogens is 2. The summed E-state index contributed by atoms with van der Waals surface area (Å²) in [6.07, 6.45) is 1.33. The summed E-state index contributed by atoms with van der Waals surface area (Å²) in [4.78, 5) is 35.7. The van der Waals surface area contributed by atoms with Crippen molar-refractivity contribution in [3.05, 3.63) is 39.4 Å². The Bertz CT molecular complexity index is 667. The second-order valence-electron chi connectivity index (χ2n) is 4.19. The van der Waals surface area contributed by atoms with Crippen molar-refractivity contribution in [3.8, 4) is 0 Å². The number of hydrogen-bond acceptors (Lipinski definition) is 3. The number of fused-ring (bicyclic) bond motifs is 1. The van der Waals surface area contributed by atoms with E-state index in [4.69, 9.17) is 28.3 Å². The van der Waals surface area contributed by atoms with Crippen LogP contribution in [-0.4, -0.2) is 29.3 Å². The minimum Gasteiger partial charge on any atom is -0.478 e. The number of nitrogens with zero attached hydrogens (tertiary/aromatic N) is 1. The Kier molecular flexibility index (Phi) is 3.83. The zero-order valence-electron chi connectivity index (χ0n) is 10.3. The summed E-state index contributed by atoms with van der Waals surface area (Å²) in [5.41, 5.74) is 0.353. The predicted molar refractivity (Wildman–Crippen MR) is 74.5 cm³/mol. The van der Waals surface area contributed by atoms with Crippen LogP contribution in [0.3, 0.4) is 0 Å². The van der Waals surface area contributed by atoms with Gasteiger partial charge in [0.05, 0.1) is 21.3 Å². The average Bonchev–Trinajstić information content (AvgIpc) is 2.65. The van der Waals surface area contributed by atoms with Gasteiger partial charge in [-0.3, -0.25) is 14.5 Å². The van der Waals surface area contributed by atoms with Crippen LogP contribution in [0.1, 0.15) is 17.3 Å². The van der Waals surface area contributed by atoms with E-state index in [2.05, 4.69) is 0 Å². The van der Waals surface area contributed by atoms with Crippen molar-refractivity contribution >= 4 is 46.5 Å². The molecule has 0 saturated carbocycles. The van der Waals surface area contributed by atoms with E-state index < -0.39 is 17.7 Å². The fourth-order valence-corrected chi connectivity index (χ4v) is 2.34. The largest absolute Gasteiger partial charge is 0.478 e. The highest BCUT2D eigenvalue weighted by Gasteiger charge is 2.38. The topological polar surface area (TPSA) is 74.7 Å². The number of carboxylic acids is 1. The fraction of sp³-hybridized carbons (Fsp3) is 0.154. The van der Waals surface area contributed by atoms with Crippen LogP contribution in [0.15, 0.2) is 23.8 Å². The smallest absolute Gasteiger partial charge is 0.331 e. The minimum atomic E-state index is -1.10. The molecule has 20 heavy (non-hydrogen) atoms. The molecule has 0 saturated heterocycles. The molecule has 5 nitrogen and oxygen atoms in total. The third-order valence-corrected chi connectivity index (χ3v) is 3.55. The Balaban J connectivity index is 2.46. The normalized spacial score (nSPS) is 14.8. The minimum absolute atomic E-state index is 0.0598. The summed E-state index contributed by atoms with van der Waals surface area (Å²) in [6, 6.07) is 2.92. The van der Waals surface area contributed by atoms with Gasteiger partial charge in [0.1, 0.15) is 0 Å².